The van der Waals surface area contributed by atoms with E-state index in [4.69, 9.17) is 18.9 Å². The topological polar surface area (TPSA) is 103 Å². The molecule has 2 aromatic carbocycles. The lowest BCUT2D eigenvalue weighted by molar-refractivity contribution is -0.139. The third-order valence-electron chi connectivity index (χ3n) is 4.37. The molecule has 33 heavy (non-hydrogen) atoms. The summed E-state index contributed by atoms with van der Waals surface area (Å²) >= 11 is 0. The molecule has 0 aliphatic heterocycles. The number of rotatable bonds is 11. The summed E-state index contributed by atoms with van der Waals surface area (Å²) < 4.78 is 22.2. The Bertz CT molecular complexity index is 919. The van der Waals surface area contributed by atoms with Crippen molar-refractivity contribution in [2.45, 2.75) is 59.3 Å². The number of aliphatic carboxylic acids is 1. The zero-order chi connectivity index (χ0) is 24.4. The summed E-state index contributed by atoms with van der Waals surface area (Å²) in [5, 5.41) is 11.8. The first-order valence-electron chi connectivity index (χ1n) is 10.9. The first-order valence-corrected chi connectivity index (χ1v) is 10.9. The van der Waals surface area contributed by atoms with Gasteiger partial charge in [0.25, 0.3) is 0 Å². The Kier molecular flexibility index (Phi) is 9.39. The van der Waals surface area contributed by atoms with Crippen molar-refractivity contribution in [3.63, 3.8) is 0 Å². The molecule has 0 radical (unpaired) electrons. The molecule has 180 valence electrons. The molecular weight excluding hydrogens is 426 g/mol. The van der Waals surface area contributed by atoms with Crippen LogP contribution in [0.5, 0.6) is 17.2 Å². The van der Waals surface area contributed by atoms with Gasteiger partial charge in [0.1, 0.15) is 24.0 Å². The maximum Gasteiger partial charge on any atom is 0.408 e. The Labute approximate surface area is 194 Å². The van der Waals surface area contributed by atoms with Gasteiger partial charge >= 0.3 is 12.1 Å². The van der Waals surface area contributed by atoms with Crippen LogP contribution in [0, 0.1) is 0 Å². The van der Waals surface area contributed by atoms with Crippen molar-refractivity contribution in [3.05, 3.63) is 53.6 Å². The predicted molar refractivity (Wildman–Crippen MR) is 124 cm³/mol. The second-order valence-corrected chi connectivity index (χ2v) is 8.32. The van der Waals surface area contributed by atoms with Gasteiger partial charge in [0.2, 0.25) is 0 Å². The molecule has 0 saturated heterocycles. The Morgan fingerprint density at radius 1 is 0.909 bits per heavy atom. The first kappa shape index (κ1) is 25.8. The molecular formula is C25H33NO7. The number of carbonyl (C=O) groups excluding carboxylic acids is 1. The average Bonchev–Trinajstić information content (AvgIpc) is 2.73. The van der Waals surface area contributed by atoms with Gasteiger partial charge in [-0.15, -0.1) is 0 Å². The molecule has 0 bridgehead atoms. The zero-order valence-electron chi connectivity index (χ0n) is 19.8. The molecule has 1 unspecified atom stereocenters. The molecule has 0 spiro atoms. The van der Waals surface area contributed by atoms with Crippen molar-refractivity contribution in [1.29, 1.82) is 0 Å². The Morgan fingerprint density at radius 3 is 2.09 bits per heavy atom. The maximum atomic E-state index is 11.9. The monoisotopic (exact) mass is 459 g/mol. The molecule has 2 rings (SSSR count). The van der Waals surface area contributed by atoms with Gasteiger partial charge in [0.05, 0.1) is 13.2 Å². The summed E-state index contributed by atoms with van der Waals surface area (Å²) in [6, 6.07) is 11.6. The van der Waals surface area contributed by atoms with Gasteiger partial charge in [0, 0.05) is 6.42 Å². The van der Waals surface area contributed by atoms with Gasteiger partial charge in [-0.25, -0.2) is 9.59 Å². The van der Waals surface area contributed by atoms with Gasteiger partial charge in [-0.1, -0.05) is 18.2 Å². The Balaban J connectivity index is 1.97. The average molecular weight is 460 g/mol. The predicted octanol–water partition coefficient (Wildman–Crippen LogP) is 4.58. The molecule has 0 aliphatic rings. The maximum absolute atomic E-state index is 11.9. The van der Waals surface area contributed by atoms with Crippen molar-refractivity contribution < 1.29 is 33.6 Å². The number of hydrogen-bond donors (Lipinski definition) is 2. The minimum atomic E-state index is -1.14. The standard InChI is InChI=1S/C25H33NO7/c1-6-30-21-13-10-18(15-22(21)31-7-2)16-32-19-11-8-17(9-12-19)14-20(23(27)28)26-24(29)33-25(3,4)5/h8-13,15,20H,6-7,14,16H2,1-5H3,(H,26,29)(H,27,28). The number of hydrogen-bond acceptors (Lipinski definition) is 6. The second kappa shape index (κ2) is 12.0. The van der Waals surface area contributed by atoms with E-state index in [2.05, 4.69) is 5.32 Å². The van der Waals surface area contributed by atoms with Crippen LogP contribution in [0.3, 0.4) is 0 Å². The summed E-state index contributed by atoms with van der Waals surface area (Å²) in [6.07, 6.45) is -0.650. The van der Waals surface area contributed by atoms with Crippen molar-refractivity contribution >= 4 is 12.1 Å². The minimum Gasteiger partial charge on any atom is -0.490 e. The molecule has 1 atom stereocenters. The molecule has 1 amide bonds. The molecule has 0 saturated carbocycles. The van der Waals surface area contributed by atoms with Crippen LogP contribution < -0.4 is 19.5 Å². The molecule has 0 heterocycles. The van der Waals surface area contributed by atoms with Crippen LogP contribution in [-0.2, 0) is 22.6 Å². The minimum absolute atomic E-state index is 0.117. The van der Waals surface area contributed by atoms with Crippen LogP contribution in [-0.4, -0.2) is 42.0 Å². The molecule has 0 aliphatic carbocycles. The number of nitrogens with one attached hydrogen (secondary N) is 1. The lowest BCUT2D eigenvalue weighted by Crippen LogP contribution is -2.44. The summed E-state index contributed by atoms with van der Waals surface area (Å²) in [4.78, 5) is 23.5. The lowest BCUT2D eigenvalue weighted by atomic mass is 10.1. The van der Waals surface area contributed by atoms with Crippen molar-refractivity contribution in [3.8, 4) is 17.2 Å². The fourth-order valence-electron chi connectivity index (χ4n) is 2.96. The van der Waals surface area contributed by atoms with Crippen molar-refractivity contribution in [2.75, 3.05) is 13.2 Å². The van der Waals surface area contributed by atoms with E-state index in [-0.39, 0.29) is 6.42 Å². The smallest absolute Gasteiger partial charge is 0.408 e. The third kappa shape index (κ3) is 8.92. The zero-order valence-corrected chi connectivity index (χ0v) is 19.8. The fourth-order valence-corrected chi connectivity index (χ4v) is 2.96. The van der Waals surface area contributed by atoms with E-state index in [1.165, 1.54) is 0 Å². The molecule has 0 aromatic heterocycles. The summed E-state index contributed by atoms with van der Waals surface area (Å²) in [7, 11) is 0. The van der Waals surface area contributed by atoms with Gasteiger partial charge in [-0.2, -0.15) is 0 Å². The van der Waals surface area contributed by atoms with E-state index in [0.29, 0.717) is 37.1 Å². The highest BCUT2D eigenvalue weighted by Gasteiger charge is 2.24. The molecule has 2 aromatic rings. The van der Waals surface area contributed by atoms with E-state index in [1.54, 1.807) is 45.0 Å². The largest absolute Gasteiger partial charge is 0.490 e. The Hall–Kier alpha value is -3.42. The van der Waals surface area contributed by atoms with Crippen LogP contribution in [0.2, 0.25) is 0 Å². The number of alkyl carbamates (subject to hydrolysis) is 1. The molecule has 8 heteroatoms. The number of carbonyl (C=O) groups is 2. The lowest BCUT2D eigenvalue weighted by Gasteiger charge is -2.22. The van der Waals surface area contributed by atoms with Gasteiger partial charge in [0.15, 0.2) is 11.5 Å². The van der Waals surface area contributed by atoms with Gasteiger partial charge in [-0.3, -0.25) is 0 Å². The number of carboxylic acid groups (broad SMARTS) is 1. The van der Waals surface area contributed by atoms with Crippen molar-refractivity contribution in [2.24, 2.45) is 0 Å². The van der Waals surface area contributed by atoms with Crippen molar-refractivity contribution in [1.82, 2.24) is 5.32 Å². The van der Waals surface area contributed by atoms with Crippen LogP contribution in [0.4, 0.5) is 4.79 Å². The normalized spacial score (nSPS) is 11.9. The highest BCUT2D eigenvalue weighted by Crippen LogP contribution is 2.29. The number of carboxylic acids is 1. The third-order valence-corrected chi connectivity index (χ3v) is 4.37. The summed E-state index contributed by atoms with van der Waals surface area (Å²) in [6.45, 7) is 10.4. The highest BCUT2D eigenvalue weighted by atomic mass is 16.6. The molecule has 0 fully saturated rings. The number of amides is 1. The SMILES string of the molecule is CCOc1ccc(COc2ccc(CC(NC(=O)OC(C)(C)C)C(=O)O)cc2)cc1OCC. The van der Waals surface area contributed by atoms with Crippen LogP contribution >= 0.6 is 0 Å². The van der Waals surface area contributed by atoms with Gasteiger partial charge < -0.3 is 29.4 Å². The Morgan fingerprint density at radius 2 is 1.52 bits per heavy atom. The summed E-state index contributed by atoms with van der Waals surface area (Å²) in [5.74, 6) is 0.868. The number of benzene rings is 2. The fraction of sp³-hybridized carbons (Fsp3) is 0.440. The van der Waals surface area contributed by atoms with E-state index in [9.17, 15) is 14.7 Å². The van der Waals surface area contributed by atoms with E-state index in [0.717, 1.165) is 11.1 Å². The van der Waals surface area contributed by atoms with Gasteiger partial charge in [-0.05, 0) is 70.0 Å². The first-order chi connectivity index (χ1) is 15.6. The number of ether oxygens (including phenoxy) is 4. The summed E-state index contributed by atoms with van der Waals surface area (Å²) in [5.41, 5.74) is 0.961. The van der Waals surface area contributed by atoms with E-state index < -0.39 is 23.7 Å². The van der Waals surface area contributed by atoms with Crippen LogP contribution in [0.1, 0.15) is 45.7 Å². The highest BCUT2D eigenvalue weighted by molar-refractivity contribution is 5.80. The van der Waals surface area contributed by atoms with Crippen LogP contribution in [0.15, 0.2) is 42.5 Å². The quantitative estimate of drug-likeness (QED) is 0.507. The molecule has 2 N–H and O–H groups in total. The molecule has 8 nitrogen and oxygen atoms in total. The van der Waals surface area contributed by atoms with Crippen LogP contribution in [0.25, 0.3) is 0 Å². The van der Waals surface area contributed by atoms with E-state index in [1.807, 2.05) is 32.0 Å². The van der Waals surface area contributed by atoms with E-state index >= 15 is 0 Å². The second-order valence-electron chi connectivity index (χ2n) is 8.32.